The van der Waals surface area contributed by atoms with Crippen LogP contribution in [-0.2, 0) is 20.7 Å². The molecule has 4 nitrogen and oxygen atoms in total. The molecule has 0 saturated heterocycles. The fourth-order valence-electron chi connectivity index (χ4n) is 3.48. The fourth-order valence-corrected chi connectivity index (χ4v) is 3.48. The molecule has 2 atom stereocenters. The van der Waals surface area contributed by atoms with Gasteiger partial charge in [0.1, 0.15) is 6.10 Å². The van der Waals surface area contributed by atoms with E-state index in [1.807, 2.05) is 30.3 Å². The molecule has 0 amide bonds. The third-order valence-corrected chi connectivity index (χ3v) is 5.01. The molecule has 1 N–H and O–H groups in total. The zero-order valence-electron chi connectivity index (χ0n) is 17.0. The van der Waals surface area contributed by atoms with Gasteiger partial charge in [-0.05, 0) is 24.8 Å². The van der Waals surface area contributed by atoms with E-state index in [1.165, 1.54) is 39.0 Å². The van der Waals surface area contributed by atoms with Crippen molar-refractivity contribution in [3.8, 4) is 0 Å². The topological polar surface area (TPSA) is 63.6 Å². The first-order chi connectivity index (χ1) is 13.0. The van der Waals surface area contributed by atoms with Crippen LogP contribution in [0.2, 0.25) is 0 Å². The number of carboxylic acids is 1. The summed E-state index contributed by atoms with van der Waals surface area (Å²) in [4.78, 5) is 23.3. The Morgan fingerprint density at radius 1 is 0.926 bits per heavy atom. The average molecular weight is 377 g/mol. The highest BCUT2D eigenvalue weighted by Crippen LogP contribution is 2.22. The van der Waals surface area contributed by atoms with E-state index >= 15 is 0 Å². The maximum absolute atomic E-state index is 11.8. The average Bonchev–Trinajstić information content (AvgIpc) is 2.64. The molecule has 0 saturated carbocycles. The lowest BCUT2D eigenvalue weighted by Gasteiger charge is -2.24. The number of unbranched alkanes of at least 4 members (excludes halogenated alkanes) is 7. The van der Waals surface area contributed by atoms with Crippen LogP contribution in [0.5, 0.6) is 0 Å². The predicted octanol–water partition coefficient (Wildman–Crippen LogP) is 5.78. The monoisotopic (exact) mass is 376 g/mol. The number of carbonyl (C=O) groups is 2. The largest absolute Gasteiger partial charge is 0.481 e. The SMILES string of the molecule is CCCCCCCCCC[C@H](C(=O)O)[C@H](CCc1ccccc1)OC(C)=O. The summed E-state index contributed by atoms with van der Waals surface area (Å²) in [7, 11) is 0. The van der Waals surface area contributed by atoms with Crippen LogP contribution < -0.4 is 0 Å². The van der Waals surface area contributed by atoms with Gasteiger partial charge < -0.3 is 9.84 Å². The van der Waals surface area contributed by atoms with Gasteiger partial charge in [0, 0.05) is 6.92 Å². The van der Waals surface area contributed by atoms with Crippen molar-refractivity contribution in [2.75, 3.05) is 0 Å². The summed E-state index contributed by atoms with van der Waals surface area (Å²) < 4.78 is 5.40. The predicted molar refractivity (Wildman–Crippen MR) is 109 cm³/mol. The van der Waals surface area contributed by atoms with Gasteiger partial charge in [0.05, 0.1) is 5.92 Å². The number of hydrogen-bond donors (Lipinski definition) is 1. The Balaban J connectivity index is 2.47. The van der Waals surface area contributed by atoms with Gasteiger partial charge in [-0.2, -0.15) is 0 Å². The first-order valence-corrected chi connectivity index (χ1v) is 10.5. The van der Waals surface area contributed by atoms with Crippen molar-refractivity contribution in [1.82, 2.24) is 0 Å². The fraction of sp³-hybridized carbons (Fsp3) is 0.652. The minimum atomic E-state index is -0.864. The Morgan fingerprint density at radius 3 is 2.07 bits per heavy atom. The van der Waals surface area contributed by atoms with E-state index in [1.54, 1.807) is 0 Å². The Hall–Kier alpha value is -1.84. The van der Waals surface area contributed by atoms with Crippen molar-refractivity contribution >= 4 is 11.9 Å². The van der Waals surface area contributed by atoms with E-state index in [4.69, 9.17) is 4.74 Å². The molecule has 0 bridgehead atoms. The highest BCUT2D eigenvalue weighted by Gasteiger charge is 2.30. The number of rotatable bonds is 15. The van der Waals surface area contributed by atoms with E-state index in [9.17, 15) is 14.7 Å². The van der Waals surface area contributed by atoms with Gasteiger partial charge >= 0.3 is 11.9 Å². The maximum Gasteiger partial charge on any atom is 0.310 e. The normalized spacial score (nSPS) is 13.1. The van der Waals surface area contributed by atoms with E-state index in [0.717, 1.165) is 24.8 Å². The Kier molecular flexibility index (Phi) is 12.2. The first-order valence-electron chi connectivity index (χ1n) is 10.5. The summed E-state index contributed by atoms with van der Waals surface area (Å²) in [6.07, 6.45) is 10.6. The van der Waals surface area contributed by atoms with E-state index in [0.29, 0.717) is 19.3 Å². The van der Waals surface area contributed by atoms with Crippen molar-refractivity contribution in [1.29, 1.82) is 0 Å². The number of carbonyl (C=O) groups excluding carboxylic acids is 1. The molecule has 1 aromatic carbocycles. The molecule has 0 aliphatic heterocycles. The van der Waals surface area contributed by atoms with Gasteiger partial charge in [-0.1, -0.05) is 88.6 Å². The standard InChI is InChI=1S/C23H36O4/c1-3-4-5-6-7-8-9-13-16-21(23(25)26)22(27-19(2)24)18-17-20-14-11-10-12-15-20/h10-12,14-15,21-22H,3-9,13,16-18H2,1-2H3,(H,25,26)/t21-,22-/m0/s1. The molecule has 0 aliphatic carbocycles. The summed E-state index contributed by atoms with van der Waals surface area (Å²) in [5, 5.41) is 9.66. The third kappa shape index (κ3) is 10.8. The third-order valence-electron chi connectivity index (χ3n) is 5.01. The number of ether oxygens (including phenoxy) is 1. The molecule has 27 heavy (non-hydrogen) atoms. The van der Waals surface area contributed by atoms with Gasteiger partial charge in [0.2, 0.25) is 0 Å². The Labute approximate surface area is 164 Å². The van der Waals surface area contributed by atoms with Crippen LogP contribution in [0.3, 0.4) is 0 Å². The van der Waals surface area contributed by atoms with Crippen molar-refractivity contribution in [2.24, 2.45) is 5.92 Å². The van der Waals surface area contributed by atoms with E-state index < -0.39 is 24.0 Å². The van der Waals surface area contributed by atoms with Crippen molar-refractivity contribution in [3.63, 3.8) is 0 Å². The van der Waals surface area contributed by atoms with Crippen LogP contribution in [0.25, 0.3) is 0 Å². The highest BCUT2D eigenvalue weighted by molar-refractivity contribution is 5.72. The molecule has 0 aliphatic rings. The lowest BCUT2D eigenvalue weighted by atomic mass is 9.91. The molecular formula is C23H36O4. The number of hydrogen-bond acceptors (Lipinski definition) is 3. The summed E-state index contributed by atoms with van der Waals surface area (Å²) in [5.41, 5.74) is 1.13. The second-order valence-electron chi connectivity index (χ2n) is 7.38. The number of esters is 1. The number of aliphatic carboxylic acids is 1. The molecule has 4 heteroatoms. The van der Waals surface area contributed by atoms with E-state index in [2.05, 4.69) is 6.92 Å². The lowest BCUT2D eigenvalue weighted by Crippen LogP contribution is -2.32. The van der Waals surface area contributed by atoms with Gasteiger partial charge in [-0.15, -0.1) is 0 Å². The van der Waals surface area contributed by atoms with Crippen LogP contribution in [0.1, 0.15) is 83.6 Å². The summed E-state index contributed by atoms with van der Waals surface area (Å²) in [5.74, 6) is -1.90. The van der Waals surface area contributed by atoms with Crippen molar-refractivity contribution in [3.05, 3.63) is 35.9 Å². The first kappa shape index (κ1) is 23.2. The lowest BCUT2D eigenvalue weighted by molar-refractivity contribution is -0.157. The van der Waals surface area contributed by atoms with Crippen molar-refractivity contribution in [2.45, 2.75) is 90.6 Å². The van der Waals surface area contributed by atoms with Crippen LogP contribution in [0.4, 0.5) is 0 Å². The molecule has 1 aromatic rings. The second-order valence-corrected chi connectivity index (χ2v) is 7.38. The second kappa shape index (κ2) is 14.2. The zero-order chi connectivity index (χ0) is 19.9. The minimum Gasteiger partial charge on any atom is -0.481 e. The molecule has 0 aromatic heterocycles. The molecule has 0 heterocycles. The van der Waals surface area contributed by atoms with Gasteiger partial charge in [-0.25, -0.2) is 0 Å². The number of aryl methyl sites for hydroxylation is 1. The summed E-state index contributed by atoms with van der Waals surface area (Å²) in [6.45, 7) is 3.56. The van der Waals surface area contributed by atoms with Gasteiger partial charge in [-0.3, -0.25) is 9.59 Å². The highest BCUT2D eigenvalue weighted by atomic mass is 16.5. The molecule has 0 radical (unpaired) electrons. The van der Waals surface area contributed by atoms with Crippen LogP contribution in [0, 0.1) is 5.92 Å². The minimum absolute atomic E-state index is 0.407. The molecule has 1 rings (SSSR count). The number of benzene rings is 1. The molecule has 152 valence electrons. The Bertz CT molecular complexity index is 526. The smallest absolute Gasteiger partial charge is 0.310 e. The molecule has 0 unspecified atom stereocenters. The van der Waals surface area contributed by atoms with Crippen LogP contribution >= 0.6 is 0 Å². The van der Waals surface area contributed by atoms with Gasteiger partial charge in [0.15, 0.2) is 0 Å². The Morgan fingerprint density at radius 2 is 1.52 bits per heavy atom. The zero-order valence-corrected chi connectivity index (χ0v) is 17.0. The molecular weight excluding hydrogens is 340 g/mol. The molecule has 0 fully saturated rings. The summed E-state index contributed by atoms with van der Waals surface area (Å²) in [6, 6.07) is 9.91. The molecule has 0 spiro atoms. The quantitative estimate of drug-likeness (QED) is 0.311. The van der Waals surface area contributed by atoms with Gasteiger partial charge in [0.25, 0.3) is 0 Å². The van der Waals surface area contributed by atoms with Crippen LogP contribution in [-0.4, -0.2) is 23.1 Å². The maximum atomic E-state index is 11.8. The van der Waals surface area contributed by atoms with E-state index in [-0.39, 0.29) is 0 Å². The van der Waals surface area contributed by atoms with Crippen LogP contribution in [0.15, 0.2) is 30.3 Å². The number of carboxylic acid groups (broad SMARTS) is 1. The summed E-state index contributed by atoms with van der Waals surface area (Å²) >= 11 is 0. The van der Waals surface area contributed by atoms with Crippen molar-refractivity contribution < 1.29 is 19.4 Å².